The minimum Gasteiger partial charge on any atom is -0.271 e. The van der Waals surface area contributed by atoms with Gasteiger partial charge in [0.1, 0.15) is 5.69 Å². The van der Waals surface area contributed by atoms with Crippen LogP contribution < -0.4 is 5.43 Å². The highest BCUT2D eigenvalue weighted by Crippen LogP contribution is 2.29. The van der Waals surface area contributed by atoms with Gasteiger partial charge in [-0.1, -0.05) is 67.9 Å². The van der Waals surface area contributed by atoms with Crippen molar-refractivity contribution in [3.8, 4) is 11.1 Å². The molecule has 3 aromatic carbocycles. The van der Waals surface area contributed by atoms with Gasteiger partial charge >= 0.3 is 5.69 Å². The molecule has 0 saturated carbocycles. The number of hydrogen-bond acceptors (Lipinski definition) is 6. The summed E-state index contributed by atoms with van der Waals surface area (Å²) in [6.07, 6.45) is 1.50. The predicted molar refractivity (Wildman–Crippen MR) is 117 cm³/mol. The molecule has 0 saturated heterocycles. The second kappa shape index (κ2) is 9.42. The molecular formula is C22H20N4O4. The molecule has 0 amide bonds. The number of non-ortho nitro benzene ring substituents is 1. The van der Waals surface area contributed by atoms with E-state index in [0.717, 1.165) is 34.9 Å². The maximum absolute atomic E-state index is 11.3. The molecule has 0 radical (unpaired) electrons. The highest BCUT2D eigenvalue weighted by atomic mass is 16.6. The van der Waals surface area contributed by atoms with Crippen LogP contribution in [0.5, 0.6) is 0 Å². The van der Waals surface area contributed by atoms with E-state index in [4.69, 9.17) is 0 Å². The van der Waals surface area contributed by atoms with Gasteiger partial charge in [0.25, 0.3) is 5.69 Å². The molecule has 0 aliphatic carbocycles. The first-order chi connectivity index (χ1) is 14.5. The number of hydrazone groups is 1. The average molecular weight is 404 g/mol. The highest BCUT2D eigenvalue weighted by Gasteiger charge is 2.19. The Bertz CT molecular complexity index is 1080. The molecule has 0 aromatic heterocycles. The Morgan fingerprint density at radius 1 is 0.900 bits per heavy atom. The summed E-state index contributed by atoms with van der Waals surface area (Å²) in [5, 5.41) is 26.6. The van der Waals surface area contributed by atoms with Gasteiger partial charge in [-0.15, -0.1) is 0 Å². The van der Waals surface area contributed by atoms with Crippen LogP contribution in [0.2, 0.25) is 0 Å². The van der Waals surface area contributed by atoms with Gasteiger partial charge in [-0.05, 0) is 29.2 Å². The van der Waals surface area contributed by atoms with Crippen molar-refractivity contribution in [2.24, 2.45) is 5.10 Å². The number of benzene rings is 3. The Morgan fingerprint density at radius 3 is 2.17 bits per heavy atom. The number of nitrogens with one attached hydrogen (secondary N) is 1. The third-order valence-electron chi connectivity index (χ3n) is 4.51. The SMILES string of the molecule is CCC/C(=N/Nc1ccc([N+](=O)[O-])cc1[N+](=O)[O-])c1ccc(-c2ccccc2)cc1. The van der Waals surface area contributed by atoms with Crippen LogP contribution in [0.25, 0.3) is 11.1 Å². The normalized spacial score (nSPS) is 11.2. The zero-order valence-electron chi connectivity index (χ0n) is 16.3. The first kappa shape index (κ1) is 20.7. The molecule has 0 atom stereocenters. The van der Waals surface area contributed by atoms with E-state index < -0.39 is 15.5 Å². The standard InChI is InChI=1S/C22H20N4O4/c1-2-6-20(18-11-9-17(10-12-18)16-7-4-3-5-8-16)23-24-21-14-13-19(25(27)28)15-22(21)26(29)30/h3-5,7-15,24H,2,6H2,1H3/b23-20-. The largest absolute Gasteiger partial charge is 0.301 e. The van der Waals surface area contributed by atoms with Gasteiger partial charge in [0.2, 0.25) is 0 Å². The lowest BCUT2D eigenvalue weighted by Gasteiger charge is -2.09. The second-order valence-electron chi connectivity index (χ2n) is 6.58. The van der Waals surface area contributed by atoms with Crippen LogP contribution in [-0.2, 0) is 0 Å². The molecule has 8 heteroatoms. The van der Waals surface area contributed by atoms with Crippen LogP contribution in [0, 0.1) is 20.2 Å². The molecule has 0 spiro atoms. The molecule has 0 bridgehead atoms. The van der Waals surface area contributed by atoms with E-state index in [1.807, 2.05) is 61.5 Å². The molecule has 3 rings (SSSR count). The molecule has 152 valence electrons. The fraction of sp³-hybridized carbons (Fsp3) is 0.136. The van der Waals surface area contributed by atoms with Crippen molar-refractivity contribution in [3.05, 3.63) is 98.6 Å². The molecule has 0 fully saturated rings. The zero-order chi connectivity index (χ0) is 21.5. The Kier molecular flexibility index (Phi) is 6.49. The van der Waals surface area contributed by atoms with Gasteiger partial charge in [0, 0.05) is 6.07 Å². The maximum Gasteiger partial charge on any atom is 0.301 e. The van der Waals surface area contributed by atoms with Crippen LogP contribution in [0.3, 0.4) is 0 Å². The van der Waals surface area contributed by atoms with Crippen LogP contribution in [-0.4, -0.2) is 15.6 Å². The topological polar surface area (TPSA) is 111 Å². The minimum atomic E-state index is -0.670. The van der Waals surface area contributed by atoms with Crippen LogP contribution >= 0.6 is 0 Å². The predicted octanol–water partition coefficient (Wildman–Crippen LogP) is 5.79. The Balaban J connectivity index is 1.88. The van der Waals surface area contributed by atoms with E-state index in [2.05, 4.69) is 10.5 Å². The number of nitro groups is 2. The van der Waals surface area contributed by atoms with E-state index in [9.17, 15) is 20.2 Å². The van der Waals surface area contributed by atoms with Gasteiger partial charge < -0.3 is 0 Å². The van der Waals surface area contributed by atoms with E-state index in [-0.39, 0.29) is 11.4 Å². The third kappa shape index (κ3) is 4.85. The molecule has 8 nitrogen and oxygen atoms in total. The first-order valence-corrected chi connectivity index (χ1v) is 9.41. The van der Waals surface area contributed by atoms with Crippen LogP contribution in [0.1, 0.15) is 25.3 Å². The summed E-state index contributed by atoms with van der Waals surface area (Å²) in [6.45, 7) is 2.02. The van der Waals surface area contributed by atoms with Crippen molar-refractivity contribution < 1.29 is 9.85 Å². The lowest BCUT2D eigenvalue weighted by atomic mass is 10.0. The van der Waals surface area contributed by atoms with Crippen molar-refractivity contribution >= 4 is 22.8 Å². The summed E-state index contributed by atoms with van der Waals surface area (Å²) in [7, 11) is 0. The summed E-state index contributed by atoms with van der Waals surface area (Å²) in [5.74, 6) is 0. The molecular weight excluding hydrogens is 384 g/mol. The van der Waals surface area contributed by atoms with E-state index in [0.29, 0.717) is 6.42 Å². The van der Waals surface area contributed by atoms with Crippen molar-refractivity contribution in [2.45, 2.75) is 19.8 Å². The second-order valence-corrected chi connectivity index (χ2v) is 6.58. The summed E-state index contributed by atoms with van der Waals surface area (Å²) in [5.41, 5.74) is 5.89. The molecule has 1 N–H and O–H groups in total. The molecule has 3 aromatic rings. The number of nitrogens with zero attached hydrogens (tertiary/aromatic N) is 3. The molecule has 0 heterocycles. The summed E-state index contributed by atoms with van der Waals surface area (Å²) in [6, 6.07) is 21.3. The number of anilines is 1. The fourth-order valence-electron chi connectivity index (χ4n) is 2.99. The van der Waals surface area contributed by atoms with E-state index >= 15 is 0 Å². The molecule has 30 heavy (non-hydrogen) atoms. The lowest BCUT2D eigenvalue weighted by Crippen LogP contribution is -2.05. The van der Waals surface area contributed by atoms with Gasteiger partial charge in [0.05, 0.1) is 21.6 Å². The summed E-state index contributed by atoms with van der Waals surface area (Å²) >= 11 is 0. The van der Waals surface area contributed by atoms with Gasteiger partial charge in [0.15, 0.2) is 0 Å². The summed E-state index contributed by atoms with van der Waals surface area (Å²) in [4.78, 5) is 20.9. The average Bonchev–Trinajstić information content (AvgIpc) is 2.77. The van der Waals surface area contributed by atoms with Gasteiger partial charge in [-0.2, -0.15) is 5.10 Å². The molecule has 0 aliphatic heterocycles. The van der Waals surface area contributed by atoms with Crippen molar-refractivity contribution in [3.63, 3.8) is 0 Å². The first-order valence-electron chi connectivity index (χ1n) is 9.41. The monoisotopic (exact) mass is 404 g/mol. The quantitative estimate of drug-likeness (QED) is 0.290. The van der Waals surface area contributed by atoms with Crippen molar-refractivity contribution in [2.75, 3.05) is 5.43 Å². The summed E-state index contributed by atoms with van der Waals surface area (Å²) < 4.78 is 0. The third-order valence-corrected chi connectivity index (χ3v) is 4.51. The van der Waals surface area contributed by atoms with Crippen molar-refractivity contribution in [1.29, 1.82) is 0 Å². The van der Waals surface area contributed by atoms with E-state index in [1.165, 1.54) is 12.1 Å². The van der Waals surface area contributed by atoms with Crippen LogP contribution in [0.15, 0.2) is 77.9 Å². The molecule has 0 unspecified atom stereocenters. The lowest BCUT2D eigenvalue weighted by molar-refractivity contribution is -0.393. The zero-order valence-corrected chi connectivity index (χ0v) is 16.3. The smallest absolute Gasteiger partial charge is 0.271 e. The Labute approximate surface area is 173 Å². The molecule has 0 aliphatic rings. The van der Waals surface area contributed by atoms with Crippen molar-refractivity contribution in [1.82, 2.24) is 0 Å². The fourth-order valence-corrected chi connectivity index (χ4v) is 2.99. The Morgan fingerprint density at radius 2 is 1.57 bits per heavy atom. The van der Waals surface area contributed by atoms with Gasteiger partial charge in [-0.25, -0.2) is 0 Å². The van der Waals surface area contributed by atoms with E-state index in [1.54, 1.807) is 0 Å². The maximum atomic E-state index is 11.3. The number of rotatable bonds is 8. The highest BCUT2D eigenvalue weighted by molar-refractivity contribution is 6.01. The Hall–Kier alpha value is -4.07. The van der Waals surface area contributed by atoms with Crippen LogP contribution in [0.4, 0.5) is 17.1 Å². The number of hydrogen-bond donors (Lipinski definition) is 1. The van der Waals surface area contributed by atoms with Gasteiger partial charge in [-0.3, -0.25) is 25.7 Å². The number of nitro benzene ring substituents is 2. The minimum absolute atomic E-state index is 0.0973.